The predicted molar refractivity (Wildman–Crippen MR) is 127 cm³/mol. The second-order valence-corrected chi connectivity index (χ2v) is 9.10. The van der Waals surface area contributed by atoms with Gasteiger partial charge in [0.1, 0.15) is 0 Å². The fourth-order valence-corrected chi connectivity index (χ4v) is 4.37. The summed E-state index contributed by atoms with van der Waals surface area (Å²) in [5.74, 6) is -0.549. The number of nitrogens with zero attached hydrogens (tertiary/aromatic N) is 4. The van der Waals surface area contributed by atoms with E-state index in [1.165, 1.54) is 19.6 Å². The highest BCUT2D eigenvalue weighted by Crippen LogP contribution is 2.45. The second kappa shape index (κ2) is 9.15. The normalized spacial score (nSPS) is 19.5. The Balaban J connectivity index is 1.90. The number of alkyl halides is 3. The van der Waals surface area contributed by atoms with E-state index in [4.69, 9.17) is 21.1 Å². The topological polar surface area (TPSA) is 93.2 Å². The molecule has 0 amide bonds. The minimum absolute atomic E-state index is 0.138. The number of benzene rings is 1. The lowest BCUT2D eigenvalue weighted by molar-refractivity contribution is -0.153. The van der Waals surface area contributed by atoms with E-state index in [9.17, 15) is 23.5 Å². The molecule has 2 atom stereocenters. The van der Waals surface area contributed by atoms with Crippen molar-refractivity contribution in [1.29, 1.82) is 5.26 Å². The highest BCUT2D eigenvalue weighted by molar-refractivity contribution is 6.37. The third-order valence-electron chi connectivity index (χ3n) is 6.08. The first kappa shape index (κ1) is 25.5. The van der Waals surface area contributed by atoms with Crippen molar-refractivity contribution in [3.8, 4) is 17.7 Å². The third-order valence-corrected chi connectivity index (χ3v) is 6.45. The number of nitriles is 1. The van der Waals surface area contributed by atoms with E-state index in [-0.39, 0.29) is 22.0 Å². The Morgan fingerprint density at radius 1 is 1.33 bits per heavy atom. The highest BCUT2D eigenvalue weighted by atomic mass is 35.5. The van der Waals surface area contributed by atoms with E-state index in [2.05, 4.69) is 16.0 Å². The van der Waals surface area contributed by atoms with Crippen LogP contribution < -0.4 is 9.47 Å². The fourth-order valence-electron chi connectivity index (χ4n) is 4.08. The van der Waals surface area contributed by atoms with Crippen LogP contribution in [0.3, 0.4) is 0 Å². The van der Waals surface area contributed by atoms with Crippen LogP contribution in [0.1, 0.15) is 24.6 Å². The molecular formula is C25H22ClF3N4O3. The van der Waals surface area contributed by atoms with Crippen LogP contribution in [-0.2, 0) is 12.6 Å². The standard InChI is InChI=1S/C25H22ClF3N4O3/c1-23(12-30)8-6-15(7-9-23)25(34,19-11-31-14-33(19)2)16-4-5-18-17(10-16)20(26)21(22(32-18)35-3)36-13-24(27,28)29/h4-8,10-11,14,34H,9,13H2,1-3H3. The molecule has 7 nitrogen and oxygen atoms in total. The number of allylic oxidation sites excluding steroid dienone is 2. The molecule has 0 aliphatic heterocycles. The van der Waals surface area contributed by atoms with Gasteiger partial charge in [-0.3, -0.25) is 0 Å². The number of ether oxygens (including phenoxy) is 2. The molecule has 4 rings (SSSR count). The van der Waals surface area contributed by atoms with Gasteiger partial charge in [-0.25, -0.2) is 9.97 Å². The van der Waals surface area contributed by atoms with Gasteiger partial charge in [-0.15, -0.1) is 0 Å². The van der Waals surface area contributed by atoms with Crippen LogP contribution in [-0.4, -0.2) is 39.5 Å². The summed E-state index contributed by atoms with van der Waals surface area (Å²) in [5, 5.41) is 21.8. The van der Waals surface area contributed by atoms with Crippen molar-refractivity contribution in [3.63, 3.8) is 0 Å². The Bertz CT molecular complexity index is 1430. The molecule has 0 saturated carbocycles. The van der Waals surface area contributed by atoms with Gasteiger partial charge in [0.2, 0.25) is 5.75 Å². The van der Waals surface area contributed by atoms with Gasteiger partial charge in [0.05, 0.1) is 47.4 Å². The Labute approximate surface area is 210 Å². The number of methoxy groups -OCH3 is 1. The maximum absolute atomic E-state index is 12.8. The first-order chi connectivity index (χ1) is 16.9. The first-order valence-electron chi connectivity index (χ1n) is 10.8. The molecule has 188 valence electrons. The van der Waals surface area contributed by atoms with Crippen molar-refractivity contribution in [3.05, 3.63) is 70.8 Å². The lowest BCUT2D eigenvalue weighted by Crippen LogP contribution is -2.33. The van der Waals surface area contributed by atoms with Crippen LogP contribution in [0, 0.1) is 16.7 Å². The zero-order valence-electron chi connectivity index (χ0n) is 19.6. The molecule has 0 fully saturated rings. The van der Waals surface area contributed by atoms with Gasteiger partial charge in [-0.05, 0) is 36.6 Å². The van der Waals surface area contributed by atoms with E-state index >= 15 is 0 Å². The van der Waals surface area contributed by atoms with Crippen LogP contribution in [0.2, 0.25) is 5.02 Å². The lowest BCUT2D eigenvalue weighted by Gasteiger charge is -2.33. The molecule has 1 aliphatic carbocycles. The first-order valence-corrected chi connectivity index (χ1v) is 11.2. The Morgan fingerprint density at radius 3 is 2.64 bits per heavy atom. The number of fused-ring (bicyclic) bond motifs is 1. The second-order valence-electron chi connectivity index (χ2n) is 8.73. The van der Waals surface area contributed by atoms with Crippen molar-refractivity contribution < 1.29 is 27.8 Å². The van der Waals surface area contributed by atoms with Crippen LogP contribution in [0.15, 0.2) is 54.5 Å². The summed E-state index contributed by atoms with van der Waals surface area (Å²) >= 11 is 6.50. The molecule has 2 heterocycles. The summed E-state index contributed by atoms with van der Waals surface area (Å²) in [4.78, 5) is 8.37. The van der Waals surface area contributed by atoms with Gasteiger partial charge in [-0.1, -0.05) is 35.9 Å². The molecule has 11 heteroatoms. The van der Waals surface area contributed by atoms with Gasteiger partial charge >= 0.3 is 6.18 Å². The Kier molecular flexibility index (Phi) is 6.49. The van der Waals surface area contributed by atoms with Crippen molar-refractivity contribution >= 4 is 22.5 Å². The number of hydrogen-bond donors (Lipinski definition) is 1. The molecule has 0 radical (unpaired) electrons. The smallest absolute Gasteiger partial charge is 0.422 e. The Hall–Kier alpha value is -3.55. The van der Waals surface area contributed by atoms with Crippen LogP contribution >= 0.6 is 11.6 Å². The molecule has 1 aliphatic rings. The average molecular weight is 519 g/mol. The van der Waals surface area contributed by atoms with Crippen molar-refractivity contribution in [1.82, 2.24) is 14.5 Å². The number of aromatic nitrogens is 3. The zero-order valence-corrected chi connectivity index (χ0v) is 20.4. The predicted octanol–water partition coefficient (Wildman–Crippen LogP) is 5.22. The SMILES string of the molecule is COc1nc2ccc(C(O)(C3=CCC(C)(C#N)C=C3)c3cncn3C)cc2c(Cl)c1OCC(F)(F)F. The molecule has 0 saturated heterocycles. The summed E-state index contributed by atoms with van der Waals surface area (Å²) < 4.78 is 50.1. The van der Waals surface area contributed by atoms with Crippen molar-refractivity contribution in [2.45, 2.75) is 25.1 Å². The number of imidazole rings is 1. The van der Waals surface area contributed by atoms with Crippen LogP contribution in [0.5, 0.6) is 11.6 Å². The summed E-state index contributed by atoms with van der Waals surface area (Å²) in [6, 6.07) is 7.02. The van der Waals surface area contributed by atoms with Crippen LogP contribution in [0.25, 0.3) is 10.9 Å². The fraction of sp³-hybridized carbons (Fsp3) is 0.320. The molecule has 2 aromatic heterocycles. The van der Waals surface area contributed by atoms with Crippen molar-refractivity contribution in [2.75, 3.05) is 13.7 Å². The average Bonchev–Trinajstić information content (AvgIpc) is 3.28. The van der Waals surface area contributed by atoms with Crippen LogP contribution in [0.4, 0.5) is 13.2 Å². The molecule has 2 unspecified atom stereocenters. The maximum Gasteiger partial charge on any atom is 0.422 e. The number of hydrogen-bond acceptors (Lipinski definition) is 6. The van der Waals surface area contributed by atoms with Gasteiger partial charge < -0.3 is 19.1 Å². The monoisotopic (exact) mass is 518 g/mol. The number of pyridine rings is 1. The maximum atomic E-state index is 12.8. The number of aryl methyl sites for hydroxylation is 1. The summed E-state index contributed by atoms with van der Waals surface area (Å²) in [6.45, 7) is 0.210. The van der Waals surface area contributed by atoms with E-state index in [0.717, 1.165) is 0 Å². The largest absolute Gasteiger partial charge is 0.478 e. The van der Waals surface area contributed by atoms with Gasteiger partial charge in [0.25, 0.3) is 5.88 Å². The summed E-state index contributed by atoms with van der Waals surface area (Å²) in [5.41, 5.74) is -0.797. The Morgan fingerprint density at radius 2 is 2.08 bits per heavy atom. The number of halogens is 4. The zero-order chi connectivity index (χ0) is 26.3. The molecule has 3 aromatic rings. The van der Waals surface area contributed by atoms with Gasteiger partial charge in [-0.2, -0.15) is 18.4 Å². The molecule has 1 N–H and O–H groups in total. The van der Waals surface area contributed by atoms with E-state index in [1.807, 2.05) is 0 Å². The minimum Gasteiger partial charge on any atom is -0.478 e. The van der Waals surface area contributed by atoms with E-state index < -0.39 is 23.8 Å². The van der Waals surface area contributed by atoms with E-state index in [1.54, 1.807) is 55.0 Å². The molecule has 0 spiro atoms. The lowest BCUT2D eigenvalue weighted by atomic mass is 9.75. The summed E-state index contributed by atoms with van der Waals surface area (Å²) in [6.07, 6.45) is 4.04. The molecule has 36 heavy (non-hydrogen) atoms. The molecule has 0 bridgehead atoms. The summed E-state index contributed by atoms with van der Waals surface area (Å²) in [7, 11) is 2.97. The third kappa shape index (κ3) is 4.52. The quantitative estimate of drug-likeness (QED) is 0.481. The van der Waals surface area contributed by atoms with Gasteiger partial charge in [0, 0.05) is 12.4 Å². The van der Waals surface area contributed by atoms with E-state index in [0.29, 0.717) is 28.8 Å². The van der Waals surface area contributed by atoms with Gasteiger partial charge in [0.15, 0.2) is 12.2 Å². The highest BCUT2D eigenvalue weighted by Gasteiger charge is 2.40. The number of aliphatic hydroxyl groups is 1. The van der Waals surface area contributed by atoms with Crippen molar-refractivity contribution in [2.24, 2.45) is 12.5 Å². The molecular weight excluding hydrogens is 497 g/mol. The minimum atomic E-state index is -4.59. The number of rotatable bonds is 6. The molecule has 1 aromatic carbocycles.